The number of carbonyl (C=O) groups is 2. The molecule has 1 saturated heterocycles. The Kier molecular flexibility index (Phi) is 6.68. The van der Waals surface area contributed by atoms with Crippen molar-refractivity contribution in [3.05, 3.63) is 86.0 Å². The first-order valence-electron chi connectivity index (χ1n) is 10.6. The fourth-order valence-corrected chi connectivity index (χ4v) is 4.84. The highest BCUT2D eigenvalue weighted by molar-refractivity contribution is 8.18. The molecular formula is C26H24ClN3O3S. The molecule has 1 N–H and O–H groups in total. The number of amides is 1. The van der Waals surface area contributed by atoms with E-state index in [0.717, 1.165) is 39.5 Å². The number of esters is 1. The summed E-state index contributed by atoms with van der Waals surface area (Å²) in [5.41, 5.74) is 6.84. The number of nitrogens with one attached hydrogen (secondary N) is 1. The van der Waals surface area contributed by atoms with Gasteiger partial charge in [-0.1, -0.05) is 23.7 Å². The van der Waals surface area contributed by atoms with Gasteiger partial charge in [0.1, 0.15) is 0 Å². The van der Waals surface area contributed by atoms with E-state index in [-0.39, 0.29) is 11.9 Å². The second-order valence-electron chi connectivity index (χ2n) is 8.02. The Labute approximate surface area is 207 Å². The summed E-state index contributed by atoms with van der Waals surface area (Å²) in [7, 11) is 1.37. The Morgan fingerprint density at radius 1 is 1.15 bits per heavy atom. The maximum atomic E-state index is 12.6. The number of ether oxygens (including phenoxy) is 1. The molecule has 1 aliphatic rings. The normalized spacial score (nSPS) is 15.8. The second kappa shape index (κ2) is 9.52. The zero-order valence-corrected chi connectivity index (χ0v) is 21.1. The number of hydrogen-bond acceptors (Lipinski definition) is 5. The topological polar surface area (TPSA) is 72.7 Å². The molecule has 6 nitrogen and oxygen atoms in total. The molecule has 0 bridgehead atoms. The predicted octanol–water partition coefficient (Wildman–Crippen LogP) is 6.04. The van der Waals surface area contributed by atoms with Gasteiger partial charge in [0, 0.05) is 22.1 Å². The number of aliphatic imine (C=N–C) groups is 1. The summed E-state index contributed by atoms with van der Waals surface area (Å²) in [6.07, 6.45) is 1.87. The summed E-state index contributed by atoms with van der Waals surface area (Å²) < 4.78 is 6.96. The Morgan fingerprint density at radius 3 is 2.65 bits per heavy atom. The molecule has 1 aromatic heterocycles. The van der Waals surface area contributed by atoms with Gasteiger partial charge < -0.3 is 14.6 Å². The minimum atomic E-state index is -0.383. The molecule has 0 unspecified atom stereocenters. The van der Waals surface area contributed by atoms with Crippen LogP contribution in [0.4, 0.5) is 5.69 Å². The molecule has 1 aliphatic heterocycles. The molecule has 174 valence electrons. The standard InChI is InChI=1S/C26H24ClN3O3S/c1-14-9-10-18(25(32)33-5)12-22(14)30-15(2)11-19(17(30)4)13-23-24(31)29-26(34-23)28-21-8-6-7-20(27)16(21)3/h6-13H,1-5H3,(H,28,29,31)/b23-13+. The fraction of sp³-hybridized carbons (Fsp3) is 0.192. The van der Waals surface area contributed by atoms with Crippen LogP contribution in [-0.4, -0.2) is 28.7 Å². The highest BCUT2D eigenvalue weighted by atomic mass is 35.5. The Bertz CT molecular complexity index is 1390. The number of nitrogens with zero attached hydrogens (tertiary/aromatic N) is 2. The number of rotatable bonds is 4. The second-order valence-corrected chi connectivity index (χ2v) is 9.46. The van der Waals surface area contributed by atoms with Crippen LogP contribution in [0.1, 0.15) is 38.4 Å². The summed E-state index contributed by atoms with van der Waals surface area (Å²) in [5, 5.41) is 3.97. The number of thioether (sulfide) groups is 1. The fourth-order valence-electron chi connectivity index (χ4n) is 3.85. The zero-order chi connectivity index (χ0) is 24.6. The van der Waals surface area contributed by atoms with Gasteiger partial charge >= 0.3 is 5.97 Å². The number of amidine groups is 1. The SMILES string of the molecule is COC(=O)c1ccc(C)c(-n2c(C)cc(/C=C3/SC(=Nc4cccc(Cl)c4C)NC3=O)c2C)c1. The molecule has 4 rings (SSSR count). The third kappa shape index (κ3) is 4.54. The van der Waals surface area contributed by atoms with E-state index in [1.165, 1.54) is 18.9 Å². The van der Waals surface area contributed by atoms with Crippen molar-refractivity contribution in [3.63, 3.8) is 0 Å². The monoisotopic (exact) mass is 493 g/mol. The lowest BCUT2D eigenvalue weighted by molar-refractivity contribution is -0.115. The highest BCUT2D eigenvalue weighted by Gasteiger charge is 2.25. The van der Waals surface area contributed by atoms with Crippen LogP contribution in [0.2, 0.25) is 5.02 Å². The van der Waals surface area contributed by atoms with Gasteiger partial charge in [-0.15, -0.1) is 0 Å². The molecule has 0 spiro atoms. The molecule has 1 amide bonds. The summed E-state index contributed by atoms with van der Waals surface area (Å²) in [5.74, 6) is -0.580. The van der Waals surface area contributed by atoms with E-state index in [1.54, 1.807) is 6.07 Å². The van der Waals surface area contributed by atoms with Crippen molar-refractivity contribution in [2.24, 2.45) is 4.99 Å². The number of aryl methyl sites for hydroxylation is 2. The molecule has 2 heterocycles. The lowest BCUT2D eigenvalue weighted by atomic mass is 10.1. The van der Waals surface area contributed by atoms with E-state index in [1.807, 2.05) is 70.2 Å². The predicted molar refractivity (Wildman–Crippen MR) is 138 cm³/mol. The maximum Gasteiger partial charge on any atom is 0.337 e. The number of aromatic nitrogens is 1. The van der Waals surface area contributed by atoms with Crippen molar-refractivity contribution in [3.8, 4) is 5.69 Å². The van der Waals surface area contributed by atoms with E-state index >= 15 is 0 Å². The quantitative estimate of drug-likeness (QED) is 0.355. The molecule has 0 atom stereocenters. The van der Waals surface area contributed by atoms with Gasteiger partial charge in [0.2, 0.25) is 0 Å². The summed E-state index contributed by atoms with van der Waals surface area (Å²) in [4.78, 5) is 29.8. The third-order valence-electron chi connectivity index (χ3n) is 5.74. The average Bonchev–Trinajstić information content (AvgIpc) is 3.29. The van der Waals surface area contributed by atoms with E-state index in [4.69, 9.17) is 16.3 Å². The first kappa shape index (κ1) is 23.9. The van der Waals surface area contributed by atoms with Gasteiger partial charge in [0.25, 0.3) is 5.91 Å². The lowest BCUT2D eigenvalue weighted by Crippen LogP contribution is -2.19. The zero-order valence-electron chi connectivity index (χ0n) is 19.5. The number of carbonyl (C=O) groups excluding carboxylic acids is 2. The largest absolute Gasteiger partial charge is 0.465 e. The van der Waals surface area contributed by atoms with Crippen LogP contribution in [0, 0.1) is 27.7 Å². The van der Waals surface area contributed by atoms with Crippen LogP contribution >= 0.6 is 23.4 Å². The molecular weight excluding hydrogens is 470 g/mol. The molecule has 34 heavy (non-hydrogen) atoms. The van der Waals surface area contributed by atoms with Crippen LogP contribution < -0.4 is 5.32 Å². The first-order chi connectivity index (χ1) is 16.2. The smallest absolute Gasteiger partial charge is 0.337 e. The van der Waals surface area contributed by atoms with Crippen LogP contribution in [0.5, 0.6) is 0 Å². The Hall–Kier alpha value is -3.29. The molecule has 3 aromatic rings. The van der Waals surface area contributed by atoms with Crippen LogP contribution in [0.3, 0.4) is 0 Å². The van der Waals surface area contributed by atoms with Crippen molar-refractivity contribution in [2.75, 3.05) is 7.11 Å². The highest BCUT2D eigenvalue weighted by Crippen LogP contribution is 2.33. The summed E-state index contributed by atoms with van der Waals surface area (Å²) in [6.45, 7) is 7.88. The van der Waals surface area contributed by atoms with Crippen LogP contribution in [0.25, 0.3) is 11.8 Å². The first-order valence-corrected chi connectivity index (χ1v) is 11.8. The molecule has 0 aliphatic carbocycles. The van der Waals surface area contributed by atoms with Gasteiger partial charge in [0.15, 0.2) is 5.17 Å². The number of hydrogen-bond donors (Lipinski definition) is 1. The van der Waals surface area contributed by atoms with Gasteiger partial charge in [-0.3, -0.25) is 4.79 Å². The number of methoxy groups -OCH3 is 1. The molecule has 0 radical (unpaired) electrons. The van der Waals surface area contributed by atoms with Gasteiger partial charge in [-0.2, -0.15) is 0 Å². The minimum absolute atomic E-state index is 0.197. The minimum Gasteiger partial charge on any atom is -0.465 e. The van der Waals surface area contributed by atoms with Crippen molar-refractivity contribution >= 4 is 52.2 Å². The summed E-state index contributed by atoms with van der Waals surface area (Å²) in [6, 6.07) is 13.0. The van der Waals surface area contributed by atoms with Crippen molar-refractivity contribution in [2.45, 2.75) is 27.7 Å². The Balaban J connectivity index is 1.69. The molecule has 2 aromatic carbocycles. The maximum absolute atomic E-state index is 12.6. The molecule has 0 saturated carbocycles. The number of benzene rings is 2. The van der Waals surface area contributed by atoms with Gasteiger partial charge in [-0.05, 0) is 92.6 Å². The van der Waals surface area contributed by atoms with Crippen molar-refractivity contribution in [1.82, 2.24) is 9.88 Å². The van der Waals surface area contributed by atoms with Gasteiger partial charge in [-0.25, -0.2) is 9.79 Å². The Morgan fingerprint density at radius 2 is 1.91 bits per heavy atom. The third-order valence-corrected chi connectivity index (χ3v) is 7.06. The van der Waals surface area contributed by atoms with E-state index in [9.17, 15) is 9.59 Å². The van der Waals surface area contributed by atoms with Gasteiger partial charge in [0.05, 0.1) is 23.3 Å². The summed E-state index contributed by atoms with van der Waals surface area (Å²) >= 11 is 7.48. The molecule has 8 heteroatoms. The van der Waals surface area contributed by atoms with E-state index < -0.39 is 0 Å². The molecule has 1 fully saturated rings. The number of halogens is 1. The van der Waals surface area contributed by atoms with E-state index in [2.05, 4.69) is 14.9 Å². The lowest BCUT2D eigenvalue weighted by Gasteiger charge is -2.14. The average molecular weight is 494 g/mol. The van der Waals surface area contributed by atoms with Crippen LogP contribution in [-0.2, 0) is 9.53 Å². The van der Waals surface area contributed by atoms with Crippen LogP contribution in [0.15, 0.2) is 52.4 Å². The van der Waals surface area contributed by atoms with Crippen molar-refractivity contribution in [1.29, 1.82) is 0 Å². The van der Waals surface area contributed by atoms with Crippen molar-refractivity contribution < 1.29 is 14.3 Å². The van der Waals surface area contributed by atoms with E-state index in [0.29, 0.717) is 20.7 Å².